The van der Waals surface area contributed by atoms with E-state index in [1.54, 1.807) is 11.9 Å². The highest BCUT2D eigenvalue weighted by Gasteiger charge is 2.40. The quantitative estimate of drug-likeness (QED) is 0.545. The Kier molecular flexibility index (Phi) is 5.73. The molecule has 4 heterocycles. The maximum Gasteiger partial charge on any atom is 0.432 e. The number of aromatic nitrogens is 3. The normalized spacial score (nSPS) is 18.1. The first-order valence-electron chi connectivity index (χ1n) is 11.8. The Balaban J connectivity index is 1.39. The number of rotatable bonds is 4. The van der Waals surface area contributed by atoms with Gasteiger partial charge in [0.05, 0.1) is 23.6 Å². The fourth-order valence-electron chi connectivity index (χ4n) is 4.97. The van der Waals surface area contributed by atoms with Gasteiger partial charge in [0, 0.05) is 43.8 Å². The van der Waals surface area contributed by atoms with E-state index in [4.69, 9.17) is 4.98 Å². The molecule has 0 saturated heterocycles. The van der Waals surface area contributed by atoms with Crippen molar-refractivity contribution in [1.29, 1.82) is 0 Å². The zero-order valence-corrected chi connectivity index (χ0v) is 20.3. The number of alkyl halides is 3. The van der Waals surface area contributed by atoms with Crippen molar-refractivity contribution < 1.29 is 13.2 Å². The smallest absolute Gasteiger partial charge is 0.364 e. The van der Waals surface area contributed by atoms with Crippen LogP contribution in [0, 0.1) is 6.92 Å². The summed E-state index contributed by atoms with van der Waals surface area (Å²) in [6.45, 7) is 8.66. The number of allylic oxidation sites excluding steroid dienone is 1. The second-order valence-electron chi connectivity index (χ2n) is 9.46. The third kappa shape index (κ3) is 4.24. The number of nitrogens with one attached hydrogen (secondary N) is 1. The lowest BCUT2D eigenvalue weighted by Crippen LogP contribution is -2.34. The van der Waals surface area contributed by atoms with E-state index in [0.29, 0.717) is 6.54 Å². The van der Waals surface area contributed by atoms with Gasteiger partial charge in [-0.25, -0.2) is 4.98 Å². The number of benzene rings is 1. The molecule has 1 unspecified atom stereocenters. The second kappa shape index (κ2) is 8.62. The Morgan fingerprint density at radius 2 is 1.83 bits per heavy atom. The first-order valence-corrected chi connectivity index (χ1v) is 11.8. The molecule has 9 heteroatoms. The standard InChI is InChI=1S/C26H29F3N6/c1-16(2)23-20(6-5-11-30-23)24-21-14-34(12-13-35(21)17(3)31-24)19-9-7-18(8-10-19)25-32-22(15-33(25)4)26(27,28)29/h5-11,15-16,25,32H,12-14H2,1-4H3. The Morgan fingerprint density at radius 1 is 1.09 bits per heavy atom. The SMILES string of the molecule is Cc1nc(-c2cccnc2C(C)C)c2n1CCN(c1ccc(C3NC(C(F)(F)F)=CN3C)cc1)C2. The van der Waals surface area contributed by atoms with Crippen molar-refractivity contribution in [2.24, 2.45) is 0 Å². The van der Waals surface area contributed by atoms with E-state index in [1.807, 2.05) is 43.5 Å². The lowest BCUT2D eigenvalue weighted by Gasteiger charge is -2.32. The summed E-state index contributed by atoms with van der Waals surface area (Å²) in [7, 11) is 1.64. The van der Waals surface area contributed by atoms with E-state index in [2.05, 4.69) is 39.7 Å². The number of nitrogens with zero attached hydrogens (tertiary/aromatic N) is 5. The molecule has 0 amide bonds. The highest BCUT2D eigenvalue weighted by molar-refractivity contribution is 5.67. The maximum atomic E-state index is 13.1. The van der Waals surface area contributed by atoms with E-state index in [0.717, 1.165) is 59.0 Å². The van der Waals surface area contributed by atoms with Crippen LogP contribution < -0.4 is 10.2 Å². The van der Waals surface area contributed by atoms with Gasteiger partial charge >= 0.3 is 6.18 Å². The van der Waals surface area contributed by atoms with Gasteiger partial charge in [-0.3, -0.25) is 4.98 Å². The van der Waals surface area contributed by atoms with Crippen molar-refractivity contribution in [1.82, 2.24) is 24.8 Å². The Morgan fingerprint density at radius 3 is 2.49 bits per heavy atom. The molecule has 35 heavy (non-hydrogen) atoms. The molecule has 0 saturated carbocycles. The van der Waals surface area contributed by atoms with Crippen LogP contribution in [-0.4, -0.2) is 39.2 Å². The molecular formula is C26H29F3N6. The third-order valence-electron chi connectivity index (χ3n) is 6.75. The summed E-state index contributed by atoms with van der Waals surface area (Å²) in [4.78, 5) is 13.4. The molecule has 1 aromatic carbocycles. The molecule has 0 radical (unpaired) electrons. The van der Waals surface area contributed by atoms with Crippen LogP contribution in [0.4, 0.5) is 18.9 Å². The van der Waals surface area contributed by atoms with Gasteiger partial charge in [0.2, 0.25) is 0 Å². The lowest BCUT2D eigenvalue weighted by atomic mass is 10.00. The predicted molar refractivity (Wildman–Crippen MR) is 130 cm³/mol. The number of hydrogen-bond acceptors (Lipinski definition) is 5. The van der Waals surface area contributed by atoms with Crippen LogP contribution in [0.2, 0.25) is 0 Å². The predicted octanol–water partition coefficient (Wildman–Crippen LogP) is 5.33. The number of anilines is 1. The summed E-state index contributed by atoms with van der Waals surface area (Å²) in [5.74, 6) is 1.28. The van der Waals surface area contributed by atoms with E-state index in [-0.39, 0.29) is 5.92 Å². The van der Waals surface area contributed by atoms with E-state index >= 15 is 0 Å². The molecule has 1 atom stereocenters. The third-order valence-corrected chi connectivity index (χ3v) is 6.75. The van der Waals surface area contributed by atoms with Crippen molar-refractivity contribution in [3.63, 3.8) is 0 Å². The molecule has 2 aliphatic heterocycles. The average molecular weight is 483 g/mol. The number of hydrogen-bond donors (Lipinski definition) is 1. The Bertz CT molecular complexity index is 1260. The maximum absolute atomic E-state index is 13.1. The van der Waals surface area contributed by atoms with Crippen LogP contribution in [0.25, 0.3) is 11.3 Å². The molecule has 0 spiro atoms. The van der Waals surface area contributed by atoms with Crippen LogP contribution in [0.3, 0.4) is 0 Å². The van der Waals surface area contributed by atoms with Gasteiger partial charge in [-0.1, -0.05) is 26.0 Å². The molecule has 5 rings (SSSR count). The topological polar surface area (TPSA) is 49.2 Å². The number of halogens is 3. The Labute approximate surface area is 203 Å². The van der Waals surface area contributed by atoms with Gasteiger partial charge in [-0.05, 0) is 42.7 Å². The molecule has 0 fully saturated rings. The molecular weight excluding hydrogens is 453 g/mol. The van der Waals surface area contributed by atoms with Crippen molar-refractivity contribution in [2.75, 3.05) is 18.5 Å². The summed E-state index contributed by atoms with van der Waals surface area (Å²) in [6, 6.07) is 11.8. The highest BCUT2D eigenvalue weighted by atomic mass is 19.4. The summed E-state index contributed by atoms with van der Waals surface area (Å²) in [5.41, 5.74) is 5.33. The van der Waals surface area contributed by atoms with Gasteiger partial charge in [-0.2, -0.15) is 13.2 Å². The lowest BCUT2D eigenvalue weighted by molar-refractivity contribution is -0.0963. The van der Waals surface area contributed by atoms with Crippen LogP contribution >= 0.6 is 0 Å². The van der Waals surface area contributed by atoms with Crippen molar-refractivity contribution in [2.45, 2.75) is 52.1 Å². The zero-order chi connectivity index (χ0) is 24.9. The monoisotopic (exact) mass is 482 g/mol. The fourth-order valence-corrected chi connectivity index (χ4v) is 4.97. The number of aryl methyl sites for hydroxylation is 1. The molecule has 6 nitrogen and oxygen atoms in total. The highest BCUT2D eigenvalue weighted by Crippen LogP contribution is 2.35. The second-order valence-corrected chi connectivity index (χ2v) is 9.46. The Hall–Kier alpha value is -3.49. The van der Waals surface area contributed by atoms with Gasteiger partial charge in [0.1, 0.15) is 17.7 Å². The summed E-state index contributed by atoms with van der Waals surface area (Å²) in [6.07, 6.45) is -2.00. The average Bonchev–Trinajstić information content (AvgIpc) is 3.39. The zero-order valence-electron chi connectivity index (χ0n) is 20.3. The molecule has 184 valence electrons. The largest absolute Gasteiger partial charge is 0.432 e. The fraction of sp³-hybridized carbons (Fsp3) is 0.385. The van der Waals surface area contributed by atoms with Crippen LogP contribution in [0.1, 0.15) is 48.7 Å². The van der Waals surface area contributed by atoms with E-state index < -0.39 is 18.0 Å². The van der Waals surface area contributed by atoms with Gasteiger partial charge in [0.25, 0.3) is 0 Å². The van der Waals surface area contributed by atoms with E-state index in [9.17, 15) is 13.2 Å². The first-order chi connectivity index (χ1) is 16.6. The molecule has 2 aliphatic rings. The molecule has 2 aromatic heterocycles. The molecule has 0 bridgehead atoms. The van der Waals surface area contributed by atoms with Crippen molar-refractivity contribution in [3.8, 4) is 11.3 Å². The van der Waals surface area contributed by atoms with Crippen LogP contribution in [0.15, 0.2) is 54.5 Å². The number of imidazole rings is 1. The van der Waals surface area contributed by atoms with Gasteiger partial charge in [0.15, 0.2) is 0 Å². The summed E-state index contributed by atoms with van der Waals surface area (Å²) in [5, 5.41) is 2.58. The van der Waals surface area contributed by atoms with Crippen molar-refractivity contribution in [3.05, 3.63) is 77.3 Å². The molecule has 1 N–H and O–H groups in total. The minimum absolute atomic E-state index is 0.283. The van der Waals surface area contributed by atoms with E-state index in [1.165, 1.54) is 0 Å². The molecule has 0 aliphatic carbocycles. The minimum atomic E-state index is -4.39. The first kappa shape index (κ1) is 23.3. The van der Waals surface area contributed by atoms with Crippen LogP contribution in [-0.2, 0) is 13.1 Å². The molecule has 3 aromatic rings. The summed E-state index contributed by atoms with van der Waals surface area (Å²) >= 11 is 0. The summed E-state index contributed by atoms with van der Waals surface area (Å²) < 4.78 is 41.6. The van der Waals surface area contributed by atoms with Crippen molar-refractivity contribution >= 4 is 5.69 Å². The van der Waals surface area contributed by atoms with Gasteiger partial charge < -0.3 is 19.7 Å². The number of pyridine rings is 1. The number of fused-ring (bicyclic) bond motifs is 1. The van der Waals surface area contributed by atoms with Gasteiger partial charge in [-0.15, -0.1) is 0 Å². The van der Waals surface area contributed by atoms with Crippen LogP contribution in [0.5, 0.6) is 0 Å². The minimum Gasteiger partial charge on any atom is -0.364 e.